The van der Waals surface area contributed by atoms with E-state index in [2.05, 4.69) is 15.1 Å². The van der Waals surface area contributed by atoms with Crippen LogP contribution in [0.2, 0.25) is 0 Å². The van der Waals surface area contributed by atoms with Crippen LogP contribution in [0.5, 0.6) is 0 Å². The van der Waals surface area contributed by atoms with Gasteiger partial charge < -0.3 is 10.0 Å². The fourth-order valence-electron chi connectivity index (χ4n) is 2.15. The first-order valence-electron chi connectivity index (χ1n) is 6.67. The molecule has 1 N–H and O–H groups in total. The van der Waals surface area contributed by atoms with Crippen LogP contribution in [0, 0.1) is 0 Å². The average Bonchev–Trinajstić information content (AvgIpc) is 2.81. The summed E-state index contributed by atoms with van der Waals surface area (Å²) in [4.78, 5) is 9.64. The summed E-state index contributed by atoms with van der Waals surface area (Å²) in [5.41, 5.74) is 0.308. The standard InChI is InChI=1S/C13H19F2N5O/c1-13(2,3)20-12-9(6-18-20)11(16-8-17-12)19(4-5-21)7-10(14)15/h6,8,10,21H,4-5,7H2,1-3H3. The Balaban J connectivity index is 2.51. The van der Waals surface area contributed by atoms with Crippen LogP contribution in [-0.2, 0) is 5.54 Å². The number of anilines is 1. The molecule has 0 aliphatic heterocycles. The van der Waals surface area contributed by atoms with Crippen LogP contribution in [0.3, 0.4) is 0 Å². The summed E-state index contributed by atoms with van der Waals surface area (Å²) >= 11 is 0. The number of aliphatic hydroxyl groups excluding tert-OH is 1. The maximum atomic E-state index is 12.7. The molecule has 21 heavy (non-hydrogen) atoms. The summed E-state index contributed by atoms with van der Waals surface area (Å²) in [5.74, 6) is 0.366. The molecular formula is C13H19F2N5O. The third-order valence-corrected chi connectivity index (χ3v) is 3.01. The van der Waals surface area contributed by atoms with Gasteiger partial charge in [-0.2, -0.15) is 5.10 Å². The van der Waals surface area contributed by atoms with Crippen LogP contribution in [-0.4, -0.2) is 51.0 Å². The Kier molecular flexibility index (Phi) is 4.36. The second-order valence-corrected chi connectivity index (χ2v) is 5.72. The van der Waals surface area contributed by atoms with E-state index in [1.807, 2.05) is 20.8 Å². The summed E-state index contributed by atoms with van der Waals surface area (Å²) in [6.07, 6.45) is 0.391. The van der Waals surface area contributed by atoms with Crippen LogP contribution in [0.25, 0.3) is 11.0 Å². The van der Waals surface area contributed by atoms with Crippen LogP contribution < -0.4 is 4.90 Å². The molecule has 0 bridgehead atoms. The van der Waals surface area contributed by atoms with Gasteiger partial charge in [-0.3, -0.25) is 0 Å². The molecule has 0 atom stereocenters. The molecule has 0 aliphatic rings. The Hall–Kier alpha value is -1.83. The molecule has 8 heteroatoms. The molecule has 0 aromatic carbocycles. The van der Waals surface area contributed by atoms with E-state index in [0.717, 1.165) is 0 Å². The predicted molar refractivity (Wildman–Crippen MR) is 75.6 cm³/mol. The molecule has 0 spiro atoms. The molecule has 116 valence electrons. The lowest BCUT2D eigenvalue weighted by Gasteiger charge is -2.23. The second kappa shape index (κ2) is 5.88. The lowest BCUT2D eigenvalue weighted by molar-refractivity contribution is 0.152. The van der Waals surface area contributed by atoms with Crippen molar-refractivity contribution in [3.05, 3.63) is 12.5 Å². The van der Waals surface area contributed by atoms with Crippen molar-refractivity contribution >= 4 is 16.9 Å². The number of rotatable bonds is 5. The van der Waals surface area contributed by atoms with E-state index in [9.17, 15) is 8.78 Å². The molecule has 0 unspecified atom stereocenters. The minimum atomic E-state index is -2.51. The Morgan fingerprint density at radius 1 is 1.33 bits per heavy atom. The number of alkyl halides is 2. The summed E-state index contributed by atoms with van der Waals surface area (Å²) in [6.45, 7) is 5.29. The number of hydrogen-bond acceptors (Lipinski definition) is 5. The summed E-state index contributed by atoms with van der Waals surface area (Å²) in [5, 5.41) is 14.0. The van der Waals surface area contributed by atoms with Crippen molar-refractivity contribution in [1.29, 1.82) is 0 Å². The Morgan fingerprint density at radius 3 is 2.62 bits per heavy atom. The fraction of sp³-hybridized carbons (Fsp3) is 0.615. The topological polar surface area (TPSA) is 67.1 Å². The highest BCUT2D eigenvalue weighted by atomic mass is 19.3. The minimum Gasteiger partial charge on any atom is -0.395 e. The van der Waals surface area contributed by atoms with Gasteiger partial charge in [0.25, 0.3) is 6.43 Å². The zero-order valence-corrected chi connectivity index (χ0v) is 12.3. The molecule has 2 heterocycles. The van der Waals surface area contributed by atoms with Gasteiger partial charge in [0.2, 0.25) is 0 Å². The number of nitrogens with zero attached hydrogens (tertiary/aromatic N) is 5. The highest BCUT2D eigenvalue weighted by Gasteiger charge is 2.22. The summed E-state index contributed by atoms with van der Waals surface area (Å²) in [7, 11) is 0. The Labute approximate surface area is 121 Å². The van der Waals surface area contributed by atoms with Crippen molar-refractivity contribution in [1.82, 2.24) is 19.7 Å². The number of halogens is 2. The monoisotopic (exact) mass is 299 g/mol. The lowest BCUT2D eigenvalue weighted by Crippen LogP contribution is -2.32. The normalized spacial score (nSPS) is 12.3. The van der Waals surface area contributed by atoms with E-state index in [-0.39, 0.29) is 18.7 Å². The highest BCUT2D eigenvalue weighted by Crippen LogP contribution is 2.26. The molecule has 0 amide bonds. The van der Waals surface area contributed by atoms with E-state index in [1.54, 1.807) is 10.9 Å². The van der Waals surface area contributed by atoms with E-state index in [1.165, 1.54) is 11.2 Å². The van der Waals surface area contributed by atoms with Crippen LogP contribution in [0.15, 0.2) is 12.5 Å². The van der Waals surface area contributed by atoms with Crippen LogP contribution in [0.1, 0.15) is 20.8 Å². The summed E-state index contributed by atoms with van der Waals surface area (Å²) in [6, 6.07) is 0. The van der Waals surface area contributed by atoms with Crippen LogP contribution >= 0.6 is 0 Å². The fourth-order valence-corrected chi connectivity index (χ4v) is 2.15. The predicted octanol–water partition coefficient (Wildman–Crippen LogP) is 1.65. The minimum absolute atomic E-state index is 0.0805. The van der Waals surface area contributed by atoms with Gasteiger partial charge in [-0.25, -0.2) is 23.4 Å². The number of aliphatic hydroxyl groups is 1. The quantitative estimate of drug-likeness (QED) is 0.909. The molecule has 2 aromatic rings. The number of fused-ring (bicyclic) bond motifs is 1. The molecule has 6 nitrogen and oxygen atoms in total. The van der Waals surface area contributed by atoms with E-state index in [4.69, 9.17) is 5.11 Å². The maximum Gasteiger partial charge on any atom is 0.255 e. The van der Waals surface area contributed by atoms with Crippen molar-refractivity contribution in [3.8, 4) is 0 Å². The SMILES string of the molecule is CC(C)(C)n1ncc2c(N(CCO)CC(F)F)ncnc21. The summed E-state index contributed by atoms with van der Waals surface area (Å²) < 4.78 is 27.1. The van der Waals surface area contributed by atoms with Gasteiger partial charge in [-0.15, -0.1) is 0 Å². The Morgan fingerprint density at radius 2 is 2.05 bits per heavy atom. The van der Waals surface area contributed by atoms with Crippen molar-refractivity contribution in [2.24, 2.45) is 0 Å². The zero-order valence-electron chi connectivity index (χ0n) is 12.3. The van der Waals surface area contributed by atoms with E-state index < -0.39 is 13.0 Å². The van der Waals surface area contributed by atoms with Crippen molar-refractivity contribution in [2.45, 2.75) is 32.7 Å². The highest BCUT2D eigenvalue weighted by molar-refractivity contribution is 5.86. The van der Waals surface area contributed by atoms with Gasteiger partial charge in [0.1, 0.15) is 12.1 Å². The molecular weight excluding hydrogens is 280 g/mol. The molecule has 0 fully saturated rings. The first-order chi connectivity index (χ1) is 9.84. The van der Waals surface area contributed by atoms with Crippen molar-refractivity contribution < 1.29 is 13.9 Å². The Bertz CT molecular complexity index is 608. The average molecular weight is 299 g/mol. The first kappa shape index (κ1) is 15.6. The molecule has 0 aliphatic carbocycles. The molecule has 2 rings (SSSR count). The van der Waals surface area contributed by atoms with Gasteiger partial charge in [-0.05, 0) is 20.8 Å². The van der Waals surface area contributed by atoms with Crippen molar-refractivity contribution in [2.75, 3.05) is 24.6 Å². The van der Waals surface area contributed by atoms with Gasteiger partial charge in [0, 0.05) is 6.54 Å². The number of aromatic nitrogens is 4. The van der Waals surface area contributed by atoms with E-state index in [0.29, 0.717) is 16.9 Å². The van der Waals surface area contributed by atoms with E-state index >= 15 is 0 Å². The molecule has 0 radical (unpaired) electrons. The molecule has 0 saturated carbocycles. The zero-order chi connectivity index (χ0) is 15.6. The van der Waals surface area contributed by atoms with Crippen molar-refractivity contribution in [3.63, 3.8) is 0 Å². The second-order valence-electron chi connectivity index (χ2n) is 5.72. The maximum absolute atomic E-state index is 12.7. The van der Waals surface area contributed by atoms with Gasteiger partial charge in [0.05, 0.1) is 30.3 Å². The number of hydrogen-bond donors (Lipinski definition) is 1. The largest absolute Gasteiger partial charge is 0.395 e. The first-order valence-corrected chi connectivity index (χ1v) is 6.67. The van der Waals surface area contributed by atoms with Gasteiger partial charge in [0.15, 0.2) is 5.65 Å². The third-order valence-electron chi connectivity index (χ3n) is 3.01. The van der Waals surface area contributed by atoms with Gasteiger partial charge in [-0.1, -0.05) is 0 Å². The lowest BCUT2D eigenvalue weighted by atomic mass is 10.1. The molecule has 0 saturated heterocycles. The third kappa shape index (κ3) is 3.26. The van der Waals surface area contributed by atoms with Crippen LogP contribution in [0.4, 0.5) is 14.6 Å². The molecule has 2 aromatic heterocycles. The smallest absolute Gasteiger partial charge is 0.255 e. The van der Waals surface area contributed by atoms with Gasteiger partial charge >= 0.3 is 0 Å².